The van der Waals surface area contributed by atoms with Gasteiger partial charge in [-0.05, 0) is 69.0 Å². The van der Waals surface area contributed by atoms with Crippen molar-refractivity contribution in [3.05, 3.63) is 48.0 Å². The van der Waals surface area contributed by atoms with Gasteiger partial charge in [0.15, 0.2) is 0 Å². The number of amides is 1. The smallest absolute Gasteiger partial charge is 0.243 e. The van der Waals surface area contributed by atoms with Crippen LogP contribution in [0.2, 0.25) is 0 Å². The third kappa shape index (κ3) is 6.23. The highest BCUT2D eigenvalue weighted by Crippen LogP contribution is 2.27. The molecule has 0 aromatic heterocycles. The van der Waals surface area contributed by atoms with Gasteiger partial charge in [0.25, 0.3) is 0 Å². The molecule has 3 rings (SSSR count). The summed E-state index contributed by atoms with van der Waals surface area (Å²) in [6, 6.07) is 12.1. The van der Waals surface area contributed by atoms with Crippen molar-refractivity contribution in [1.82, 2.24) is 4.31 Å². The van der Waals surface area contributed by atoms with Crippen LogP contribution in [0.25, 0.3) is 0 Å². The Kier molecular flexibility index (Phi) is 8.15. The molecule has 1 aliphatic rings. The van der Waals surface area contributed by atoms with E-state index in [4.69, 9.17) is 9.47 Å². The van der Waals surface area contributed by atoms with Gasteiger partial charge in [-0.2, -0.15) is 4.31 Å². The molecule has 0 atom stereocenters. The highest BCUT2D eigenvalue weighted by Gasteiger charge is 2.26. The molecule has 1 aliphatic heterocycles. The number of methoxy groups -OCH3 is 1. The van der Waals surface area contributed by atoms with Crippen molar-refractivity contribution < 1.29 is 22.7 Å². The number of rotatable bonds is 9. The highest BCUT2D eigenvalue weighted by atomic mass is 32.2. The first kappa shape index (κ1) is 24.1. The molecule has 0 saturated carbocycles. The van der Waals surface area contributed by atoms with Gasteiger partial charge in [-0.15, -0.1) is 0 Å². The maximum atomic E-state index is 13.0. The fourth-order valence-electron chi connectivity index (χ4n) is 3.76. The van der Waals surface area contributed by atoms with E-state index in [-0.39, 0.29) is 23.3 Å². The largest absolute Gasteiger partial charge is 0.496 e. The van der Waals surface area contributed by atoms with Gasteiger partial charge in [-0.25, -0.2) is 8.42 Å². The molecule has 0 radical (unpaired) electrons. The summed E-state index contributed by atoms with van der Waals surface area (Å²) in [4.78, 5) is 12.8. The maximum Gasteiger partial charge on any atom is 0.243 e. The molecule has 0 spiro atoms. The topological polar surface area (TPSA) is 84.9 Å². The number of nitrogens with one attached hydrogen (secondary N) is 1. The molecule has 1 amide bonds. The quantitative estimate of drug-likeness (QED) is 0.605. The number of piperidine rings is 1. The molecular weight excluding hydrogens is 428 g/mol. The Balaban J connectivity index is 1.68. The molecule has 32 heavy (non-hydrogen) atoms. The van der Waals surface area contributed by atoms with Crippen LogP contribution in [0.4, 0.5) is 5.69 Å². The lowest BCUT2D eigenvalue weighted by molar-refractivity contribution is -0.116. The zero-order valence-electron chi connectivity index (χ0n) is 19.0. The minimum absolute atomic E-state index is 0.0434. The monoisotopic (exact) mass is 460 g/mol. The molecule has 1 N–H and O–H groups in total. The summed E-state index contributed by atoms with van der Waals surface area (Å²) in [7, 11) is -2.01. The van der Waals surface area contributed by atoms with E-state index in [1.165, 1.54) is 7.11 Å². The number of sulfonamides is 1. The van der Waals surface area contributed by atoms with Crippen molar-refractivity contribution in [3.8, 4) is 11.5 Å². The molecule has 174 valence electrons. The van der Waals surface area contributed by atoms with Crippen LogP contribution in [-0.2, 0) is 21.2 Å². The zero-order chi connectivity index (χ0) is 23.1. The first-order valence-electron chi connectivity index (χ1n) is 11.0. The predicted molar refractivity (Wildman–Crippen MR) is 125 cm³/mol. The minimum atomic E-state index is -3.55. The summed E-state index contributed by atoms with van der Waals surface area (Å²) in [5.41, 5.74) is 1.35. The lowest BCUT2D eigenvalue weighted by Gasteiger charge is -2.26. The standard InChI is InChI=1S/C24H32N2O5S/c1-18(2)31-21-9-7-8-20(17-21)25-24(27)13-10-19-16-22(11-12-23(19)30-3)32(28,29)26-14-5-4-6-15-26/h7-9,11-12,16-18H,4-6,10,13-15H2,1-3H3,(H,25,27). The Morgan fingerprint density at radius 2 is 1.84 bits per heavy atom. The van der Waals surface area contributed by atoms with Gasteiger partial charge in [0.1, 0.15) is 11.5 Å². The first-order chi connectivity index (χ1) is 15.3. The van der Waals surface area contributed by atoms with Crippen LogP contribution in [0.15, 0.2) is 47.4 Å². The van der Waals surface area contributed by atoms with Crippen LogP contribution in [0.3, 0.4) is 0 Å². The van der Waals surface area contributed by atoms with E-state index in [0.29, 0.717) is 42.3 Å². The SMILES string of the molecule is COc1ccc(S(=O)(=O)N2CCCCC2)cc1CCC(=O)Nc1cccc(OC(C)C)c1. The number of carbonyl (C=O) groups excluding carboxylic acids is 1. The van der Waals surface area contributed by atoms with Crippen LogP contribution in [-0.4, -0.2) is 44.9 Å². The average molecular weight is 461 g/mol. The highest BCUT2D eigenvalue weighted by molar-refractivity contribution is 7.89. The molecule has 1 heterocycles. The third-order valence-corrected chi connectivity index (χ3v) is 7.21. The number of hydrogen-bond donors (Lipinski definition) is 1. The van der Waals surface area contributed by atoms with Crippen molar-refractivity contribution in [3.63, 3.8) is 0 Å². The van der Waals surface area contributed by atoms with Crippen molar-refractivity contribution >= 4 is 21.6 Å². The van der Waals surface area contributed by atoms with E-state index in [2.05, 4.69) is 5.32 Å². The van der Waals surface area contributed by atoms with E-state index >= 15 is 0 Å². The zero-order valence-corrected chi connectivity index (χ0v) is 19.8. The number of anilines is 1. The van der Waals surface area contributed by atoms with Crippen molar-refractivity contribution in [2.24, 2.45) is 0 Å². The van der Waals surface area contributed by atoms with Crippen LogP contribution >= 0.6 is 0 Å². The second kappa shape index (κ2) is 10.8. The van der Waals surface area contributed by atoms with E-state index in [1.54, 1.807) is 34.6 Å². The molecule has 0 aliphatic carbocycles. The van der Waals surface area contributed by atoms with Crippen molar-refractivity contribution in [1.29, 1.82) is 0 Å². The second-order valence-corrected chi connectivity index (χ2v) is 10.1. The molecular formula is C24H32N2O5S. The van der Waals surface area contributed by atoms with E-state index < -0.39 is 10.0 Å². The van der Waals surface area contributed by atoms with Crippen molar-refractivity contribution in [2.75, 3.05) is 25.5 Å². The Labute approximate surface area is 190 Å². The van der Waals surface area contributed by atoms with E-state index in [9.17, 15) is 13.2 Å². The summed E-state index contributed by atoms with van der Waals surface area (Å²) < 4.78 is 38.7. The van der Waals surface area contributed by atoms with Gasteiger partial charge in [-0.3, -0.25) is 4.79 Å². The summed E-state index contributed by atoms with van der Waals surface area (Å²) in [5, 5.41) is 2.87. The van der Waals surface area contributed by atoms with Gasteiger partial charge in [0.05, 0.1) is 18.1 Å². The van der Waals surface area contributed by atoms with Gasteiger partial charge in [0.2, 0.25) is 15.9 Å². The maximum absolute atomic E-state index is 13.0. The Morgan fingerprint density at radius 3 is 2.53 bits per heavy atom. The number of nitrogens with zero attached hydrogens (tertiary/aromatic N) is 1. The normalized spacial score (nSPS) is 14.9. The molecule has 7 nitrogen and oxygen atoms in total. The number of aryl methyl sites for hydroxylation is 1. The number of benzene rings is 2. The van der Waals surface area contributed by atoms with E-state index in [1.807, 2.05) is 26.0 Å². The molecule has 0 bridgehead atoms. The third-order valence-electron chi connectivity index (χ3n) is 5.32. The molecule has 0 unspecified atom stereocenters. The number of ether oxygens (including phenoxy) is 2. The fourth-order valence-corrected chi connectivity index (χ4v) is 5.32. The molecule has 1 saturated heterocycles. The second-order valence-electron chi connectivity index (χ2n) is 8.18. The summed E-state index contributed by atoms with van der Waals surface area (Å²) in [6.45, 7) is 4.98. The lowest BCUT2D eigenvalue weighted by Crippen LogP contribution is -2.35. The van der Waals surface area contributed by atoms with Crippen molar-refractivity contribution in [2.45, 2.75) is 57.0 Å². The van der Waals surface area contributed by atoms with Gasteiger partial charge < -0.3 is 14.8 Å². The van der Waals surface area contributed by atoms with Gasteiger partial charge >= 0.3 is 0 Å². The van der Waals surface area contributed by atoms with Crippen LogP contribution in [0.5, 0.6) is 11.5 Å². The predicted octanol–water partition coefficient (Wildman–Crippen LogP) is 4.23. The number of carbonyl (C=O) groups is 1. The molecule has 8 heteroatoms. The van der Waals surface area contributed by atoms with Crippen LogP contribution in [0.1, 0.15) is 45.1 Å². The Bertz CT molecular complexity index is 1030. The van der Waals surface area contributed by atoms with Crippen LogP contribution in [0, 0.1) is 0 Å². The summed E-state index contributed by atoms with van der Waals surface area (Å²) in [6.07, 6.45) is 3.42. The number of hydrogen-bond acceptors (Lipinski definition) is 5. The van der Waals surface area contributed by atoms with E-state index in [0.717, 1.165) is 19.3 Å². The Hall–Kier alpha value is -2.58. The Morgan fingerprint density at radius 1 is 1.09 bits per heavy atom. The molecule has 2 aromatic rings. The van der Waals surface area contributed by atoms with Crippen LogP contribution < -0.4 is 14.8 Å². The molecule has 1 fully saturated rings. The lowest BCUT2D eigenvalue weighted by atomic mass is 10.1. The first-order valence-corrected chi connectivity index (χ1v) is 12.5. The summed E-state index contributed by atoms with van der Waals surface area (Å²) in [5.74, 6) is 1.09. The fraction of sp³-hybridized carbons (Fsp3) is 0.458. The summed E-state index contributed by atoms with van der Waals surface area (Å²) >= 11 is 0. The van der Waals surface area contributed by atoms with Gasteiger partial charge in [0, 0.05) is 31.3 Å². The van der Waals surface area contributed by atoms with Gasteiger partial charge in [-0.1, -0.05) is 12.5 Å². The minimum Gasteiger partial charge on any atom is -0.496 e. The molecule has 2 aromatic carbocycles. The average Bonchev–Trinajstić information content (AvgIpc) is 2.78.